The zero-order chi connectivity index (χ0) is 22.1. The van der Waals surface area contributed by atoms with Gasteiger partial charge in [-0.15, -0.1) is 0 Å². The van der Waals surface area contributed by atoms with E-state index in [0.29, 0.717) is 12.4 Å². The average molecular weight is 424 g/mol. The molecule has 1 N–H and O–H groups in total. The summed E-state index contributed by atoms with van der Waals surface area (Å²) in [6.45, 7) is 7.99. The Morgan fingerprint density at radius 3 is 2.37 bits per heavy atom. The normalized spacial score (nSPS) is 16.6. The van der Waals surface area contributed by atoms with Gasteiger partial charge in [-0.3, -0.25) is 4.90 Å². The summed E-state index contributed by atoms with van der Waals surface area (Å²) in [6.07, 6.45) is 0.729. The minimum absolute atomic E-state index is 0.000282. The number of likely N-dealkylation sites (tertiary alicyclic amines) is 1. The molecule has 0 bridgehead atoms. The van der Waals surface area contributed by atoms with Gasteiger partial charge in [0.2, 0.25) is 0 Å². The maximum Gasteiger partial charge on any atom is 0.417 e. The molecule has 1 amide bonds. The molecule has 2 aromatic rings. The predicted molar refractivity (Wildman–Crippen MR) is 106 cm³/mol. The van der Waals surface area contributed by atoms with E-state index in [2.05, 4.69) is 9.88 Å². The molecule has 0 spiro atoms. The lowest BCUT2D eigenvalue weighted by molar-refractivity contribution is -0.137. The molecule has 1 fully saturated rings. The number of hydrogen-bond donors (Lipinski definition) is 1. The Morgan fingerprint density at radius 2 is 1.87 bits per heavy atom. The zero-order valence-corrected chi connectivity index (χ0v) is 17.4. The molecule has 0 aromatic carbocycles. The van der Waals surface area contributed by atoms with Gasteiger partial charge in [0, 0.05) is 49.8 Å². The van der Waals surface area contributed by atoms with E-state index in [-0.39, 0.29) is 6.04 Å². The van der Waals surface area contributed by atoms with Crippen molar-refractivity contribution in [1.82, 2.24) is 19.4 Å². The first kappa shape index (κ1) is 22.1. The van der Waals surface area contributed by atoms with Gasteiger partial charge in [-0.2, -0.15) is 13.2 Å². The molecular weight excluding hydrogens is 397 g/mol. The number of pyridine rings is 1. The van der Waals surface area contributed by atoms with Crippen molar-refractivity contribution >= 4 is 6.09 Å². The molecule has 3 heterocycles. The number of aromatic nitrogens is 2. The monoisotopic (exact) mass is 424 g/mol. The molecule has 0 radical (unpaired) electrons. The van der Waals surface area contributed by atoms with Crippen LogP contribution in [0.5, 0.6) is 0 Å². The number of hydrogen-bond acceptors (Lipinski definition) is 3. The van der Waals surface area contributed by atoms with Crippen LogP contribution in [-0.4, -0.2) is 55.2 Å². The second-order valence-electron chi connectivity index (χ2n) is 8.66. The van der Waals surface area contributed by atoms with E-state index in [4.69, 9.17) is 0 Å². The van der Waals surface area contributed by atoms with Gasteiger partial charge >= 0.3 is 12.3 Å². The standard InChI is InChI=1S/C21H27F3N4O2/c1-20(2,3)28(19(29)30)17-7-9-26(10-8-17)13-15-6-11-27(14-15)18-5-4-16(12-25-18)21(22,23)24/h4-6,11-12,14,17H,7-10,13H2,1-3H3,(H,29,30). The third-order valence-electron chi connectivity index (χ3n) is 5.35. The van der Waals surface area contributed by atoms with Gasteiger partial charge < -0.3 is 14.6 Å². The lowest BCUT2D eigenvalue weighted by Gasteiger charge is -2.43. The third-order valence-corrected chi connectivity index (χ3v) is 5.35. The van der Waals surface area contributed by atoms with Gasteiger partial charge in [0.05, 0.1) is 5.56 Å². The zero-order valence-electron chi connectivity index (χ0n) is 17.4. The van der Waals surface area contributed by atoms with Crippen LogP contribution in [0.25, 0.3) is 5.82 Å². The van der Waals surface area contributed by atoms with Crippen molar-refractivity contribution in [3.05, 3.63) is 47.9 Å². The van der Waals surface area contributed by atoms with Crippen LogP contribution in [0.4, 0.5) is 18.0 Å². The van der Waals surface area contributed by atoms with Crippen LogP contribution in [0.3, 0.4) is 0 Å². The fourth-order valence-electron chi connectivity index (χ4n) is 3.97. The minimum Gasteiger partial charge on any atom is -0.465 e. The average Bonchev–Trinajstić information content (AvgIpc) is 3.10. The number of carbonyl (C=O) groups is 1. The Labute approximate surface area is 173 Å². The van der Waals surface area contributed by atoms with Crippen LogP contribution in [0.2, 0.25) is 0 Å². The third kappa shape index (κ3) is 5.13. The molecule has 2 aromatic heterocycles. The van der Waals surface area contributed by atoms with Crippen LogP contribution < -0.4 is 0 Å². The van der Waals surface area contributed by atoms with Gasteiger partial charge in [0.1, 0.15) is 5.82 Å². The van der Waals surface area contributed by atoms with Crippen molar-refractivity contribution in [1.29, 1.82) is 0 Å². The number of carboxylic acid groups (broad SMARTS) is 1. The van der Waals surface area contributed by atoms with Crippen LogP contribution in [0, 0.1) is 0 Å². The first-order valence-corrected chi connectivity index (χ1v) is 9.90. The maximum absolute atomic E-state index is 12.7. The lowest BCUT2D eigenvalue weighted by atomic mass is 9.97. The first-order chi connectivity index (χ1) is 13.9. The molecule has 9 heteroatoms. The number of rotatable bonds is 4. The van der Waals surface area contributed by atoms with Crippen molar-refractivity contribution < 1.29 is 23.1 Å². The second-order valence-corrected chi connectivity index (χ2v) is 8.66. The van der Waals surface area contributed by atoms with Crippen molar-refractivity contribution in [2.45, 2.75) is 57.9 Å². The van der Waals surface area contributed by atoms with Gasteiger partial charge in [-0.25, -0.2) is 9.78 Å². The molecular formula is C21H27F3N4O2. The Bertz CT molecular complexity index is 864. The van der Waals surface area contributed by atoms with Crippen molar-refractivity contribution in [3.63, 3.8) is 0 Å². The van der Waals surface area contributed by atoms with Gasteiger partial charge in [-0.05, 0) is 57.4 Å². The van der Waals surface area contributed by atoms with Gasteiger partial charge in [0.15, 0.2) is 0 Å². The van der Waals surface area contributed by atoms with Crippen LogP contribution in [-0.2, 0) is 12.7 Å². The van der Waals surface area contributed by atoms with Crippen molar-refractivity contribution in [2.75, 3.05) is 13.1 Å². The van der Waals surface area contributed by atoms with Crippen LogP contribution in [0.1, 0.15) is 44.7 Å². The Hall–Kier alpha value is -2.55. The molecule has 1 saturated heterocycles. The molecule has 164 valence electrons. The van der Waals surface area contributed by atoms with E-state index in [1.54, 1.807) is 15.7 Å². The number of alkyl halides is 3. The molecule has 1 aliphatic heterocycles. The second kappa shape index (κ2) is 8.29. The highest BCUT2D eigenvalue weighted by Crippen LogP contribution is 2.29. The Balaban J connectivity index is 1.59. The van der Waals surface area contributed by atoms with E-state index < -0.39 is 23.4 Å². The summed E-state index contributed by atoms with van der Waals surface area (Å²) in [5.74, 6) is 0.426. The smallest absolute Gasteiger partial charge is 0.417 e. The van der Waals surface area contributed by atoms with E-state index in [0.717, 1.165) is 43.8 Å². The first-order valence-electron chi connectivity index (χ1n) is 9.90. The van der Waals surface area contributed by atoms with Gasteiger partial charge in [-0.1, -0.05) is 0 Å². The van der Waals surface area contributed by atoms with Crippen molar-refractivity contribution in [2.24, 2.45) is 0 Å². The fourth-order valence-corrected chi connectivity index (χ4v) is 3.97. The molecule has 0 unspecified atom stereocenters. The SMILES string of the molecule is CC(C)(C)N(C(=O)O)C1CCN(Cc2ccn(-c3ccc(C(F)(F)F)cn3)c2)CC1. The van der Waals surface area contributed by atoms with E-state index in [1.165, 1.54) is 6.07 Å². The topological polar surface area (TPSA) is 61.6 Å². The summed E-state index contributed by atoms with van der Waals surface area (Å²) in [7, 11) is 0. The number of piperidine rings is 1. The van der Waals surface area contributed by atoms with E-state index >= 15 is 0 Å². The molecule has 1 aliphatic rings. The summed E-state index contributed by atoms with van der Waals surface area (Å²) < 4.78 is 39.8. The molecule has 0 aliphatic carbocycles. The molecule has 6 nitrogen and oxygen atoms in total. The summed E-state index contributed by atoms with van der Waals surface area (Å²) >= 11 is 0. The largest absolute Gasteiger partial charge is 0.465 e. The number of amides is 1. The van der Waals surface area contributed by atoms with E-state index in [1.807, 2.05) is 33.0 Å². The number of halogens is 3. The highest BCUT2D eigenvalue weighted by atomic mass is 19.4. The quantitative estimate of drug-likeness (QED) is 0.777. The molecule has 30 heavy (non-hydrogen) atoms. The molecule has 3 rings (SSSR count). The molecule has 0 saturated carbocycles. The van der Waals surface area contributed by atoms with Crippen molar-refractivity contribution in [3.8, 4) is 5.82 Å². The molecule has 0 atom stereocenters. The summed E-state index contributed by atoms with van der Waals surface area (Å²) in [4.78, 5) is 19.4. The van der Waals surface area contributed by atoms with Crippen LogP contribution >= 0.6 is 0 Å². The highest BCUT2D eigenvalue weighted by Gasteiger charge is 2.35. The Morgan fingerprint density at radius 1 is 1.20 bits per heavy atom. The lowest BCUT2D eigenvalue weighted by Crippen LogP contribution is -2.54. The highest BCUT2D eigenvalue weighted by molar-refractivity contribution is 5.66. The Kier molecular flexibility index (Phi) is 6.12. The van der Waals surface area contributed by atoms with Crippen LogP contribution in [0.15, 0.2) is 36.8 Å². The minimum atomic E-state index is -4.40. The summed E-state index contributed by atoms with van der Waals surface area (Å²) in [5, 5.41) is 9.58. The van der Waals surface area contributed by atoms with Gasteiger partial charge in [0.25, 0.3) is 0 Å². The number of nitrogens with zero attached hydrogens (tertiary/aromatic N) is 4. The van der Waals surface area contributed by atoms with E-state index in [9.17, 15) is 23.1 Å². The summed E-state index contributed by atoms with van der Waals surface area (Å²) in [5.41, 5.74) is -0.182. The fraction of sp³-hybridized carbons (Fsp3) is 0.524. The predicted octanol–water partition coefficient (Wildman–Crippen LogP) is 4.63. The summed E-state index contributed by atoms with van der Waals surface area (Å²) in [6, 6.07) is 4.30. The maximum atomic E-state index is 12.7.